The van der Waals surface area contributed by atoms with Crippen molar-refractivity contribution in [2.24, 2.45) is 10.9 Å². The SMILES string of the molecule is CCc1cccc(NC(=O)CNC(=NC)NCCOCCC(C)C)c1.I. The van der Waals surface area contributed by atoms with Crippen LogP contribution in [0.4, 0.5) is 5.69 Å². The number of anilines is 1. The highest BCUT2D eigenvalue weighted by atomic mass is 127. The maximum Gasteiger partial charge on any atom is 0.243 e. The fraction of sp³-hybridized carbons (Fsp3) is 0.579. The lowest BCUT2D eigenvalue weighted by Gasteiger charge is -2.13. The quantitative estimate of drug-likeness (QED) is 0.210. The number of aryl methyl sites for hydroxylation is 1. The van der Waals surface area contributed by atoms with E-state index in [0.717, 1.165) is 25.1 Å². The molecule has 0 aliphatic rings. The van der Waals surface area contributed by atoms with Crippen LogP contribution in [0.5, 0.6) is 0 Å². The van der Waals surface area contributed by atoms with Crippen LogP contribution in [0, 0.1) is 5.92 Å². The van der Waals surface area contributed by atoms with Gasteiger partial charge in [-0.1, -0.05) is 32.9 Å². The number of ether oxygens (including phenoxy) is 1. The number of nitrogens with one attached hydrogen (secondary N) is 3. The highest BCUT2D eigenvalue weighted by Gasteiger charge is 2.04. The van der Waals surface area contributed by atoms with Gasteiger partial charge in [-0.25, -0.2) is 0 Å². The molecule has 1 aromatic carbocycles. The van der Waals surface area contributed by atoms with E-state index >= 15 is 0 Å². The Hall–Kier alpha value is -1.35. The molecule has 0 aliphatic heterocycles. The van der Waals surface area contributed by atoms with E-state index in [1.165, 1.54) is 5.56 Å². The fourth-order valence-electron chi connectivity index (χ4n) is 2.12. The maximum atomic E-state index is 12.0. The van der Waals surface area contributed by atoms with E-state index in [0.29, 0.717) is 25.0 Å². The smallest absolute Gasteiger partial charge is 0.243 e. The Kier molecular flexibility index (Phi) is 14.0. The zero-order valence-corrected chi connectivity index (χ0v) is 18.6. The van der Waals surface area contributed by atoms with E-state index in [-0.39, 0.29) is 36.4 Å². The molecule has 148 valence electrons. The first kappa shape index (κ1) is 24.7. The molecule has 0 saturated carbocycles. The maximum absolute atomic E-state index is 12.0. The van der Waals surface area contributed by atoms with E-state index in [2.05, 4.69) is 41.7 Å². The van der Waals surface area contributed by atoms with Gasteiger partial charge in [0, 0.05) is 25.9 Å². The normalized spacial score (nSPS) is 11.0. The van der Waals surface area contributed by atoms with Crippen LogP contribution < -0.4 is 16.0 Å². The summed E-state index contributed by atoms with van der Waals surface area (Å²) in [5.74, 6) is 1.13. The van der Waals surface area contributed by atoms with Crippen molar-refractivity contribution in [3.05, 3.63) is 29.8 Å². The third-order valence-corrected chi connectivity index (χ3v) is 3.64. The molecule has 0 radical (unpaired) electrons. The van der Waals surface area contributed by atoms with Crippen molar-refractivity contribution in [3.8, 4) is 0 Å². The Morgan fingerprint density at radius 1 is 1.23 bits per heavy atom. The molecule has 0 spiro atoms. The highest BCUT2D eigenvalue weighted by molar-refractivity contribution is 14.0. The fourth-order valence-corrected chi connectivity index (χ4v) is 2.12. The average molecular weight is 476 g/mol. The van der Waals surface area contributed by atoms with E-state index in [4.69, 9.17) is 4.74 Å². The summed E-state index contributed by atoms with van der Waals surface area (Å²) in [6, 6.07) is 7.86. The Bertz CT molecular complexity index is 550. The lowest BCUT2D eigenvalue weighted by atomic mass is 10.1. The molecular formula is C19H33IN4O2. The first-order valence-electron chi connectivity index (χ1n) is 8.96. The van der Waals surface area contributed by atoms with Gasteiger partial charge in [0.2, 0.25) is 5.91 Å². The van der Waals surface area contributed by atoms with Crippen LogP contribution in [0.1, 0.15) is 32.8 Å². The van der Waals surface area contributed by atoms with Gasteiger partial charge < -0.3 is 20.7 Å². The van der Waals surface area contributed by atoms with Gasteiger partial charge in [0.15, 0.2) is 5.96 Å². The number of nitrogens with zero attached hydrogens (tertiary/aromatic N) is 1. The van der Waals surface area contributed by atoms with E-state index in [1.807, 2.05) is 24.3 Å². The first-order valence-corrected chi connectivity index (χ1v) is 8.96. The number of hydrogen-bond acceptors (Lipinski definition) is 3. The second-order valence-corrected chi connectivity index (χ2v) is 6.25. The number of amides is 1. The van der Waals surface area contributed by atoms with Crippen molar-refractivity contribution in [3.63, 3.8) is 0 Å². The third-order valence-electron chi connectivity index (χ3n) is 3.64. The Labute approximate surface area is 174 Å². The number of hydrogen-bond donors (Lipinski definition) is 3. The van der Waals surface area contributed by atoms with Crippen molar-refractivity contribution in [1.29, 1.82) is 0 Å². The monoisotopic (exact) mass is 476 g/mol. The predicted octanol–water partition coefficient (Wildman–Crippen LogP) is 3.03. The van der Waals surface area contributed by atoms with Crippen LogP contribution in [0.15, 0.2) is 29.3 Å². The number of rotatable bonds is 10. The molecule has 7 heteroatoms. The van der Waals surface area contributed by atoms with Gasteiger partial charge in [0.05, 0.1) is 13.2 Å². The first-order chi connectivity index (χ1) is 12.0. The standard InChI is InChI=1S/C19H32N4O2.HI/c1-5-16-7-6-8-17(13-16)23-18(24)14-22-19(20-4)21-10-12-25-11-9-15(2)3;/h6-8,13,15H,5,9-12,14H2,1-4H3,(H,23,24)(H2,20,21,22);1H. The van der Waals surface area contributed by atoms with Crippen LogP contribution in [0.3, 0.4) is 0 Å². The molecule has 0 fully saturated rings. The van der Waals surface area contributed by atoms with Crippen LogP contribution >= 0.6 is 24.0 Å². The summed E-state index contributed by atoms with van der Waals surface area (Å²) in [6.45, 7) is 8.63. The highest BCUT2D eigenvalue weighted by Crippen LogP contribution is 2.10. The molecule has 3 N–H and O–H groups in total. The van der Waals surface area contributed by atoms with Gasteiger partial charge in [-0.3, -0.25) is 9.79 Å². The van der Waals surface area contributed by atoms with Gasteiger partial charge in [0.25, 0.3) is 0 Å². The zero-order chi connectivity index (χ0) is 18.5. The van der Waals surface area contributed by atoms with Crippen molar-refractivity contribution >= 4 is 41.5 Å². The molecule has 1 rings (SSSR count). The summed E-state index contributed by atoms with van der Waals surface area (Å²) < 4.78 is 5.54. The van der Waals surface area contributed by atoms with Gasteiger partial charge in [-0.2, -0.15) is 0 Å². The lowest BCUT2D eigenvalue weighted by Crippen LogP contribution is -2.42. The van der Waals surface area contributed by atoms with Crippen LogP contribution in [0.25, 0.3) is 0 Å². The summed E-state index contributed by atoms with van der Waals surface area (Å²) in [6.07, 6.45) is 2.00. The Morgan fingerprint density at radius 2 is 2.00 bits per heavy atom. The molecule has 26 heavy (non-hydrogen) atoms. The number of carbonyl (C=O) groups excluding carboxylic acids is 1. The number of aliphatic imine (C=N–C) groups is 1. The minimum absolute atomic E-state index is 0. The molecule has 0 unspecified atom stereocenters. The molecule has 1 aromatic rings. The summed E-state index contributed by atoms with van der Waals surface area (Å²) in [7, 11) is 1.68. The largest absolute Gasteiger partial charge is 0.380 e. The number of benzene rings is 1. The molecule has 0 saturated heterocycles. The number of carbonyl (C=O) groups is 1. The van der Waals surface area contributed by atoms with Crippen molar-refractivity contribution < 1.29 is 9.53 Å². The van der Waals surface area contributed by atoms with Gasteiger partial charge in [-0.15, -0.1) is 24.0 Å². The molecule has 0 aromatic heterocycles. The Balaban J connectivity index is 0.00000625. The van der Waals surface area contributed by atoms with Gasteiger partial charge >= 0.3 is 0 Å². The summed E-state index contributed by atoms with van der Waals surface area (Å²) in [5, 5.41) is 9.01. The van der Waals surface area contributed by atoms with Crippen molar-refractivity contribution in [2.45, 2.75) is 33.6 Å². The van der Waals surface area contributed by atoms with Crippen molar-refractivity contribution in [1.82, 2.24) is 10.6 Å². The van der Waals surface area contributed by atoms with E-state index in [1.54, 1.807) is 7.05 Å². The van der Waals surface area contributed by atoms with Crippen LogP contribution in [-0.4, -0.2) is 45.2 Å². The molecule has 1 amide bonds. The van der Waals surface area contributed by atoms with Crippen LogP contribution in [-0.2, 0) is 16.0 Å². The second kappa shape index (κ2) is 14.8. The predicted molar refractivity (Wildman–Crippen MR) is 120 cm³/mol. The summed E-state index contributed by atoms with van der Waals surface area (Å²) >= 11 is 0. The number of guanidine groups is 1. The van der Waals surface area contributed by atoms with E-state index < -0.39 is 0 Å². The summed E-state index contributed by atoms with van der Waals surface area (Å²) in [4.78, 5) is 16.1. The minimum Gasteiger partial charge on any atom is -0.380 e. The third kappa shape index (κ3) is 11.3. The zero-order valence-electron chi connectivity index (χ0n) is 16.3. The number of halogens is 1. The molecule has 6 nitrogen and oxygen atoms in total. The minimum atomic E-state index is -0.107. The topological polar surface area (TPSA) is 74.8 Å². The van der Waals surface area contributed by atoms with Crippen molar-refractivity contribution in [2.75, 3.05) is 38.7 Å². The van der Waals surface area contributed by atoms with Gasteiger partial charge in [0.1, 0.15) is 0 Å². The summed E-state index contributed by atoms with van der Waals surface area (Å²) in [5.41, 5.74) is 2.01. The Morgan fingerprint density at radius 3 is 2.65 bits per heavy atom. The molecular weight excluding hydrogens is 443 g/mol. The molecule has 0 heterocycles. The second-order valence-electron chi connectivity index (χ2n) is 6.25. The molecule has 0 aliphatic carbocycles. The van der Waals surface area contributed by atoms with E-state index in [9.17, 15) is 4.79 Å². The van der Waals surface area contributed by atoms with Gasteiger partial charge in [-0.05, 0) is 36.5 Å². The van der Waals surface area contributed by atoms with Crippen LogP contribution in [0.2, 0.25) is 0 Å². The lowest BCUT2D eigenvalue weighted by molar-refractivity contribution is -0.115. The average Bonchev–Trinajstić information content (AvgIpc) is 2.60. The molecule has 0 atom stereocenters. The molecule has 0 bridgehead atoms.